The summed E-state index contributed by atoms with van der Waals surface area (Å²) in [6, 6.07) is -0.897. The van der Waals surface area contributed by atoms with E-state index in [4.69, 9.17) is 11.5 Å². The Morgan fingerprint density at radius 1 is 0.927 bits per heavy atom. The number of halogens is 2. The van der Waals surface area contributed by atoms with Crippen molar-refractivity contribution < 1.29 is 18.4 Å². The van der Waals surface area contributed by atoms with Crippen molar-refractivity contribution in [3.63, 3.8) is 0 Å². The predicted octanol–water partition coefficient (Wildman–Crippen LogP) is -1.22. The third-order valence-corrected chi connectivity index (χ3v) is 10.1. The molecule has 13 heteroatoms. The third kappa shape index (κ3) is 7.02. The molecule has 1 saturated carbocycles. The van der Waals surface area contributed by atoms with Crippen LogP contribution >= 0.6 is 0 Å². The van der Waals surface area contributed by atoms with E-state index in [9.17, 15) is 14.0 Å². The molecule has 1 aliphatic carbocycles. The van der Waals surface area contributed by atoms with Crippen LogP contribution < -0.4 is 27.4 Å². The fourth-order valence-electron chi connectivity index (χ4n) is 7.85. The zero-order valence-corrected chi connectivity index (χ0v) is 24.5. The van der Waals surface area contributed by atoms with Gasteiger partial charge in [0.05, 0.1) is 36.4 Å². The molecule has 2 amide bonds. The molecule has 0 aromatic heterocycles. The monoisotopic (exact) mass is 583 g/mol. The topological polar surface area (TPSA) is 135 Å². The van der Waals surface area contributed by atoms with Crippen molar-refractivity contribution in [3.8, 4) is 0 Å². The van der Waals surface area contributed by atoms with Crippen molar-refractivity contribution in [3.05, 3.63) is 0 Å². The van der Waals surface area contributed by atoms with Gasteiger partial charge in [-0.15, -0.1) is 0 Å². The average Bonchev–Trinajstić information content (AvgIpc) is 3.49. The van der Waals surface area contributed by atoms with E-state index in [2.05, 4.69) is 25.8 Å². The van der Waals surface area contributed by atoms with E-state index >= 15 is 4.39 Å². The Bertz CT molecular complexity index is 887. The van der Waals surface area contributed by atoms with Gasteiger partial charge in [-0.1, -0.05) is 19.3 Å². The first kappa shape index (κ1) is 31.0. The maximum atomic E-state index is 15.5. The fourth-order valence-corrected chi connectivity index (χ4v) is 7.85. The van der Waals surface area contributed by atoms with Crippen molar-refractivity contribution in [2.45, 2.75) is 93.8 Å². The van der Waals surface area contributed by atoms with Gasteiger partial charge in [0, 0.05) is 58.4 Å². The number of hydrogen-bond donors (Lipinski definition) is 5. The molecule has 7 N–H and O–H groups in total. The number of nitrogens with two attached hydrogens (primary N) is 2. The first-order valence-electron chi connectivity index (χ1n) is 15.8. The lowest BCUT2D eigenvalue weighted by Crippen LogP contribution is -2.71. The molecule has 0 aromatic carbocycles. The van der Waals surface area contributed by atoms with Crippen LogP contribution in [0.2, 0.25) is 0 Å². The number of nitrogens with one attached hydrogen (secondary N) is 3. The van der Waals surface area contributed by atoms with Crippen LogP contribution in [0.1, 0.15) is 44.9 Å². The maximum absolute atomic E-state index is 15.5. The summed E-state index contributed by atoms with van der Waals surface area (Å²) in [5.41, 5.74) is 12.4. The van der Waals surface area contributed by atoms with Gasteiger partial charge in [0.25, 0.3) is 0 Å². The van der Waals surface area contributed by atoms with E-state index in [1.807, 2.05) is 16.8 Å². The fraction of sp³-hybridized carbons (Fsp3) is 0.929. The second-order valence-corrected chi connectivity index (χ2v) is 12.8. The lowest BCUT2D eigenvalue weighted by molar-refractivity contribution is -0.140. The van der Waals surface area contributed by atoms with Gasteiger partial charge in [-0.05, 0) is 39.3 Å². The Kier molecular flexibility index (Phi) is 10.5. The molecular formula is C28H51F2N9O2. The third-order valence-electron chi connectivity index (χ3n) is 10.1. The number of alkyl halides is 2. The molecule has 4 heterocycles. The molecule has 0 aromatic rings. The lowest BCUT2D eigenvalue weighted by atomic mass is 9.92. The molecule has 11 nitrogen and oxygen atoms in total. The minimum atomic E-state index is -1.18. The maximum Gasteiger partial charge on any atom is 0.240 e. The van der Waals surface area contributed by atoms with Gasteiger partial charge in [0.2, 0.25) is 11.8 Å². The SMILES string of the molecule is CN1CCCCC1C(=O)N1CCN(C2C(F)CNCC2NC(=O)C(C(N)N)C2NCC(F)CN2C2CCCC2)CC1. The highest BCUT2D eigenvalue weighted by atomic mass is 19.1. The predicted molar refractivity (Wildman–Crippen MR) is 153 cm³/mol. The molecule has 7 atom stereocenters. The number of hydrogen-bond acceptors (Lipinski definition) is 9. The molecule has 4 aliphatic heterocycles. The van der Waals surface area contributed by atoms with Crippen LogP contribution in [0.25, 0.3) is 0 Å². The molecule has 5 fully saturated rings. The number of likely N-dealkylation sites (tertiary alicyclic amines) is 1. The average molecular weight is 584 g/mol. The first-order valence-corrected chi connectivity index (χ1v) is 15.8. The molecule has 41 heavy (non-hydrogen) atoms. The van der Waals surface area contributed by atoms with Crippen LogP contribution in [0.5, 0.6) is 0 Å². The van der Waals surface area contributed by atoms with E-state index in [-0.39, 0.29) is 43.5 Å². The molecule has 5 aliphatic rings. The number of piperazine rings is 1. The Hall–Kier alpha value is -1.48. The highest BCUT2D eigenvalue weighted by Crippen LogP contribution is 2.29. The van der Waals surface area contributed by atoms with E-state index < -0.39 is 42.7 Å². The van der Waals surface area contributed by atoms with Crippen molar-refractivity contribution in [1.82, 2.24) is 35.6 Å². The molecule has 7 unspecified atom stereocenters. The van der Waals surface area contributed by atoms with Crippen LogP contribution in [-0.2, 0) is 9.59 Å². The van der Waals surface area contributed by atoms with Crippen molar-refractivity contribution in [2.75, 3.05) is 66.0 Å². The summed E-state index contributed by atoms with van der Waals surface area (Å²) < 4.78 is 30.0. The zero-order chi connectivity index (χ0) is 29.1. The number of rotatable bonds is 7. The summed E-state index contributed by atoms with van der Waals surface area (Å²) in [6.45, 7) is 4.16. The molecule has 0 bridgehead atoms. The quantitative estimate of drug-likeness (QED) is 0.234. The molecule has 0 spiro atoms. The number of nitrogens with zero attached hydrogens (tertiary/aromatic N) is 4. The Balaban J connectivity index is 1.24. The van der Waals surface area contributed by atoms with Crippen LogP contribution in [0.4, 0.5) is 8.78 Å². The van der Waals surface area contributed by atoms with Crippen LogP contribution in [-0.4, -0.2) is 146 Å². The highest BCUT2D eigenvalue weighted by molar-refractivity contribution is 5.82. The number of carbonyl (C=O) groups excluding carboxylic acids is 2. The smallest absolute Gasteiger partial charge is 0.240 e. The van der Waals surface area contributed by atoms with Crippen LogP contribution in [0.3, 0.4) is 0 Å². The van der Waals surface area contributed by atoms with E-state index in [1.165, 1.54) is 0 Å². The van der Waals surface area contributed by atoms with E-state index in [0.29, 0.717) is 32.7 Å². The highest BCUT2D eigenvalue weighted by Gasteiger charge is 2.46. The largest absolute Gasteiger partial charge is 0.350 e. The summed E-state index contributed by atoms with van der Waals surface area (Å²) in [5, 5.41) is 9.43. The molecule has 0 radical (unpaired) electrons. The summed E-state index contributed by atoms with van der Waals surface area (Å²) in [6.07, 6.45) is 3.52. The first-order chi connectivity index (χ1) is 19.7. The number of piperidine rings is 2. The van der Waals surface area contributed by atoms with Crippen LogP contribution in [0, 0.1) is 5.92 Å². The standard InChI is InChI=1S/C28H51F2N9O2/c1-36-9-5-4-8-22(36)28(41)38-12-10-37(11-13-38)24-20(30)15-33-16-21(24)35-27(40)23(25(31)32)26-34-14-18(29)17-39(26)19-6-2-3-7-19/h18-26,33-34H,2-17,31-32H2,1H3,(H,35,40). The van der Waals surface area contributed by atoms with Crippen molar-refractivity contribution >= 4 is 11.8 Å². The minimum Gasteiger partial charge on any atom is -0.350 e. The second kappa shape index (κ2) is 13.9. The summed E-state index contributed by atoms with van der Waals surface area (Å²) in [4.78, 5) is 35.2. The van der Waals surface area contributed by atoms with E-state index in [1.54, 1.807) is 0 Å². The van der Waals surface area contributed by atoms with Gasteiger partial charge in [0.15, 0.2) is 0 Å². The molecule has 4 saturated heterocycles. The number of amides is 2. The van der Waals surface area contributed by atoms with Gasteiger partial charge < -0.3 is 27.0 Å². The molecule has 234 valence electrons. The second-order valence-electron chi connectivity index (χ2n) is 12.8. The van der Waals surface area contributed by atoms with Gasteiger partial charge in [-0.3, -0.25) is 29.6 Å². The summed E-state index contributed by atoms with van der Waals surface area (Å²) >= 11 is 0. The molecule has 5 rings (SSSR count). The Morgan fingerprint density at radius 2 is 1.63 bits per heavy atom. The van der Waals surface area contributed by atoms with Gasteiger partial charge in [-0.25, -0.2) is 8.78 Å². The zero-order valence-electron chi connectivity index (χ0n) is 24.5. The van der Waals surface area contributed by atoms with Gasteiger partial charge in [-0.2, -0.15) is 0 Å². The minimum absolute atomic E-state index is 0.0718. The van der Waals surface area contributed by atoms with Crippen LogP contribution in [0.15, 0.2) is 0 Å². The lowest BCUT2D eigenvalue weighted by Gasteiger charge is -2.48. The van der Waals surface area contributed by atoms with Crippen molar-refractivity contribution in [1.29, 1.82) is 0 Å². The van der Waals surface area contributed by atoms with E-state index in [0.717, 1.165) is 51.5 Å². The van der Waals surface area contributed by atoms with Gasteiger partial charge in [0.1, 0.15) is 12.3 Å². The Labute approximate surface area is 243 Å². The number of carbonyl (C=O) groups is 2. The Morgan fingerprint density at radius 3 is 2.32 bits per heavy atom. The summed E-state index contributed by atoms with van der Waals surface area (Å²) in [5.74, 6) is -0.982. The van der Waals surface area contributed by atoms with Gasteiger partial charge >= 0.3 is 0 Å². The summed E-state index contributed by atoms with van der Waals surface area (Å²) in [7, 11) is 2.01. The normalized spacial score (nSPS) is 36.0. The van der Waals surface area contributed by atoms with Crippen molar-refractivity contribution in [2.24, 2.45) is 17.4 Å². The molecular weight excluding hydrogens is 532 g/mol. The number of likely N-dealkylation sites (N-methyl/N-ethyl adjacent to an activating group) is 1.